The second kappa shape index (κ2) is 7.75. The molecule has 2 N–H and O–H groups in total. The van der Waals surface area contributed by atoms with E-state index in [1.807, 2.05) is 6.92 Å². The van der Waals surface area contributed by atoms with Gasteiger partial charge in [0.25, 0.3) is 0 Å². The molecule has 0 bridgehead atoms. The monoisotopic (exact) mass is 381 g/mol. The number of piperazine rings is 1. The molecule has 1 aliphatic heterocycles. The molecule has 1 saturated heterocycles. The molecule has 0 spiro atoms. The Hall–Kier alpha value is -2.67. The number of aromatic nitrogens is 2. The van der Waals surface area contributed by atoms with Gasteiger partial charge in [-0.3, -0.25) is 14.5 Å². The van der Waals surface area contributed by atoms with Crippen LogP contribution in [0.5, 0.6) is 0 Å². The van der Waals surface area contributed by atoms with E-state index in [9.17, 15) is 9.59 Å². The Morgan fingerprint density at radius 2 is 2.00 bits per heavy atom. The first-order valence-electron chi connectivity index (χ1n) is 9.86. The normalized spacial score (nSPS) is 20.1. The molecular formula is C21H27N5O2. The molecule has 1 aromatic carbocycles. The average Bonchev–Trinajstić information content (AvgIpc) is 3.29. The Bertz CT molecular complexity index is 852. The van der Waals surface area contributed by atoms with Gasteiger partial charge < -0.3 is 15.2 Å². The minimum Gasteiger partial charge on any atom is -0.353 e. The summed E-state index contributed by atoms with van der Waals surface area (Å²) < 4.78 is 0. The molecule has 148 valence electrons. The number of hydrogen-bond acceptors (Lipinski definition) is 4. The highest BCUT2D eigenvalue weighted by Gasteiger charge is 2.38. The Kier molecular flexibility index (Phi) is 5.17. The molecule has 2 heterocycles. The number of carbonyl (C=O) groups is 2. The first-order chi connectivity index (χ1) is 13.5. The number of carbonyl (C=O) groups excluding carboxylic acids is 2. The highest BCUT2D eigenvalue weighted by atomic mass is 16.2. The van der Waals surface area contributed by atoms with E-state index in [4.69, 9.17) is 0 Å². The van der Waals surface area contributed by atoms with E-state index in [1.165, 1.54) is 11.1 Å². The molecule has 1 atom stereocenters. The van der Waals surface area contributed by atoms with Crippen molar-refractivity contribution in [1.82, 2.24) is 25.1 Å². The van der Waals surface area contributed by atoms with E-state index in [2.05, 4.69) is 44.5 Å². The fraction of sp³-hybridized carbons (Fsp3) is 0.476. The van der Waals surface area contributed by atoms with Gasteiger partial charge in [0.2, 0.25) is 11.8 Å². The minimum atomic E-state index is -0.415. The molecule has 2 amide bonds. The maximum atomic E-state index is 12.8. The van der Waals surface area contributed by atoms with Crippen molar-refractivity contribution in [2.24, 2.45) is 0 Å². The van der Waals surface area contributed by atoms with Crippen LogP contribution in [0.1, 0.15) is 29.1 Å². The maximum Gasteiger partial charge on any atom is 0.237 e. The summed E-state index contributed by atoms with van der Waals surface area (Å²) in [6.45, 7) is 3.76. The molecule has 0 unspecified atom stereocenters. The molecule has 2 aliphatic rings. The summed E-state index contributed by atoms with van der Waals surface area (Å²) in [5.41, 5.74) is 3.68. The topological polar surface area (TPSA) is 81.3 Å². The van der Waals surface area contributed by atoms with E-state index in [0.717, 1.165) is 30.9 Å². The summed E-state index contributed by atoms with van der Waals surface area (Å²) in [4.78, 5) is 36.7. The third-order valence-corrected chi connectivity index (χ3v) is 5.81. The molecule has 1 aromatic heterocycles. The lowest BCUT2D eigenvalue weighted by molar-refractivity contribution is -0.139. The number of imidazole rings is 1. The van der Waals surface area contributed by atoms with Crippen molar-refractivity contribution in [2.75, 3.05) is 20.1 Å². The van der Waals surface area contributed by atoms with Gasteiger partial charge >= 0.3 is 0 Å². The molecule has 1 aliphatic carbocycles. The summed E-state index contributed by atoms with van der Waals surface area (Å²) in [7, 11) is 1.76. The van der Waals surface area contributed by atoms with Crippen LogP contribution < -0.4 is 5.32 Å². The fourth-order valence-corrected chi connectivity index (χ4v) is 4.33. The molecule has 0 radical (unpaired) electrons. The Labute approximate surface area is 165 Å². The third kappa shape index (κ3) is 3.80. The van der Waals surface area contributed by atoms with Crippen molar-refractivity contribution < 1.29 is 9.59 Å². The van der Waals surface area contributed by atoms with Crippen molar-refractivity contribution in [3.8, 4) is 0 Å². The molecule has 2 aromatic rings. The third-order valence-electron chi connectivity index (χ3n) is 5.81. The molecule has 1 fully saturated rings. The van der Waals surface area contributed by atoms with Gasteiger partial charge in [-0.15, -0.1) is 0 Å². The van der Waals surface area contributed by atoms with Gasteiger partial charge in [0.15, 0.2) is 0 Å². The zero-order valence-electron chi connectivity index (χ0n) is 16.4. The van der Waals surface area contributed by atoms with Crippen LogP contribution in [-0.2, 0) is 29.0 Å². The van der Waals surface area contributed by atoms with Gasteiger partial charge in [-0.1, -0.05) is 24.3 Å². The average molecular weight is 381 g/mol. The van der Waals surface area contributed by atoms with E-state index in [0.29, 0.717) is 13.1 Å². The van der Waals surface area contributed by atoms with Crippen LogP contribution in [0.25, 0.3) is 0 Å². The van der Waals surface area contributed by atoms with Crippen molar-refractivity contribution in [3.05, 3.63) is 53.1 Å². The zero-order valence-corrected chi connectivity index (χ0v) is 16.4. The Morgan fingerprint density at radius 1 is 1.29 bits per heavy atom. The van der Waals surface area contributed by atoms with Crippen LogP contribution >= 0.6 is 0 Å². The number of aromatic amines is 1. The minimum absolute atomic E-state index is 0.0437. The molecule has 28 heavy (non-hydrogen) atoms. The lowest BCUT2D eigenvalue weighted by Crippen LogP contribution is -2.59. The number of amides is 2. The second-order valence-electron chi connectivity index (χ2n) is 7.84. The summed E-state index contributed by atoms with van der Waals surface area (Å²) in [5, 5.41) is 2.93. The maximum absolute atomic E-state index is 12.8. The Morgan fingerprint density at radius 3 is 2.64 bits per heavy atom. The molecule has 7 nitrogen and oxygen atoms in total. The number of fused-ring (bicyclic) bond motifs is 1. The fourth-order valence-electron chi connectivity index (χ4n) is 4.33. The first-order valence-corrected chi connectivity index (χ1v) is 9.86. The zero-order chi connectivity index (χ0) is 19.7. The number of aryl methyl sites for hydroxylation is 1. The lowest BCUT2D eigenvalue weighted by Gasteiger charge is -2.39. The summed E-state index contributed by atoms with van der Waals surface area (Å²) in [5.74, 6) is 0.666. The van der Waals surface area contributed by atoms with Gasteiger partial charge in [0, 0.05) is 38.1 Å². The highest BCUT2D eigenvalue weighted by Crippen LogP contribution is 2.28. The molecular weight excluding hydrogens is 354 g/mol. The predicted octanol–water partition coefficient (Wildman–Crippen LogP) is 1.03. The summed E-state index contributed by atoms with van der Waals surface area (Å²) in [6, 6.07) is 8.32. The largest absolute Gasteiger partial charge is 0.353 e. The smallest absolute Gasteiger partial charge is 0.237 e. The standard InChI is InChI=1S/C21H27N5O2/c1-14-12-23-19(24-14)13-25(2)20(27)11-18-21(28)22-7-8-26(18)17-9-15-5-3-4-6-16(15)10-17/h3-6,12,17-18H,7-11,13H2,1-2H3,(H,22,28)(H,23,24)/t18-/m0/s1. The number of hydrogen-bond donors (Lipinski definition) is 2. The van der Waals surface area contributed by atoms with Crippen LogP contribution in [0.3, 0.4) is 0 Å². The van der Waals surface area contributed by atoms with E-state index in [1.54, 1.807) is 18.1 Å². The first kappa shape index (κ1) is 18.7. The molecule has 7 heteroatoms. The predicted molar refractivity (Wildman–Crippen MR) is 106 cm³/mol. The van der Waals surface area contributed by atoms with Crippen LogP contribution in [0.15, 0.2) is 30.5 Å². The van der Waals surface area contributed by atoms with Crippen LogP contribution in [0, 0.1) is 6.92 Å². The number of nitrogens with one attached hydrogen (secondary N) is 2. The van der Waals surface area contributed by atoms with Crippen molar-refractivity contribution in [2.45, 2.75) is 44.8 Å². The van der Waals surface area contributed by atoms with E-state index in [-0.39, 0.29) is 24.3 Å². The van der Waals surface area contributed by atoms with Crippen molar-refractivity contribution in [3.63, 3.8) is 0 Å². The van der Waals surface area contributed by atoms with Gasteiger partial charge in [0.05, 0.1) is 19.0 Å². The number of nitrogens with zero attached hydrogens (tertiary/aromatic N) is 3. The van der Waals surface area contributed by atoms with Crippen LogP contribution in [0.2, 0.25) is 0 Å². The highest BCUT2D eigenvalue weighted by molar-refractivity contribution is 5.88. The number of rotatable bonds is 5. The van der Waals surface area contributed by atoms with E-state index >= 15 is 0 Å². The van der Waals surface area contributed by atoms with Gasteiger partial charge in [-0.2, -0.15) is 0 Å². The number of benzene rings is 1. The van der Waals surface area contributed by atoms with Gasteiger partial charge in [0.1, 0.15) is 5.82 Å². The summed E-state index contributed by atoms with van der Waals surface area (Å²) >= 11 is 0. The Balaban J connectivity index is 1.43. The van der Waals surface area contributed by atoms with Gasteiger partial charge in [-0.25, -0.2) is 4.98 Å². The SMILES string of the molecule is Cc1cnc(CN(C)C(=O)C[C@H]2C(=O)NCCN2C2Cc3ccccc3C2)[nH]1. The van der Waals surface area contributed by atoms with Crippen molar-refractivity contribution >= 4 is 11.8 Å². The summed E-state index contributed by atoms with van der Waals surface area (Å²) in [6.07, 6.45) is 3.82. The van der Waals surface area contributed by atoms with E-state index < -0.39 is 6.04 Å². The lowest BCUT2D eigenvalue weighted by atomic mass is 10.0. The van der Waals surface area contributed by atoms with Crippen molar-refractivity contribution in [1.29, 1.82) is 0 Å². The quantitative estimate of drug-likeness (QED) is 0.811. The molecule has 0 saturated carbocycles. The van der Waals surface area contributed by atoms with Gasteiger partial charge in [-0.05, 0) is 30.9 Å². The molecule has 4 rings (SSSR count). The van der Waals surface area contributed by atoms with Crippen LogP contribution in [-0.4, -0.2) is 63.8 Å². The van der Waals surface area contributed by atoms with Crippen LogP contribution in [0.4, 0.5) is 0 Å². The second-order valence-corrected chi connectivity index (χ2v) is 7.84. The number of H-pyrrole nitrogens is 1.